The molecule has 6 heteroatoms. The van der Waals surface area contributed by atoms with Crippen molar-refractivity contribution in [3.05, 3.63) is 53.7 Å². The zero-order valence-corrected chi connectivity index (χ0v) is 12.4. The predicted molar refractivity (Wildman–Crippen MR) is 79.8 cm³/mol. The molecule has 0 heterocycles. The van der Waals surface area contributed by atoms with Gasteiger partial charge in [-0.25, -0.2) is 13.2 Å². The molecule has 1 atom stereocenters. The first-order valence-corrected chi connectivity index (χ1v) is 7.01. The van der Waals surface area contributed by atoms with Crippen molar-refractivity contribution in [2.45, 2.75) is 38.6 Å². The average Bonchev–Trinajstić information content (AvgIpc) is 2.47. The molecule has 0 spiro atoms. The van der Waals surface area contributed by atoms with Gasteiger partial charge in [-0.2, -0.15) is 0 Å². The van der Waals surface area contributed by atoms with E-state index in [-0.39, 0.29) is 23.1 Å². The summed E-state index contributed by atoms with van der Waals surface area (Å²) in [6, 6.07) is 1.56. The molecule has 22 heavy (non-hydrogen) atoms. The summed E-state index contributed by atoms with van der Waals surface area (Å²) in [5, 5.41) is 21.3. The van der Waals surface area contributed by atoms with Crippen LogP contribution in [-0.2, 0) is 0 Å². The topological polar surface area (TPSA) is 52.5 Å². The van der Waals surface area contributed by atoms with Gasteiger partial charge >= 0.3 is 0 Å². The number of halogens is 3. The van der Waals surface area contributed by atoms with Gasteiger partial charge in [0.1, 0.15) is 6.26 Å². The lowest BCUT2D eigenvalue weighted by Gasteiger charge is -2.20. The molecule has 0 aromatic heterocycles. The maximum absolute atomic E-state index is 13.3. The van der Waals surface area contributed by atoms with Crippen LogP contribution in [0.3, 0.4) is 0 Å². The van der Waals surface area contributed by atoms with Gasteiger partial charge in [-0.1, -0.05) is 13.5 Å². The molecule has 122 valence electrons. The van der Waals surface area contributed by atoms with Gasteiger partial charge in [0, 0.05) is 18.0 Å². The Hall–Kier alpha value is -2.11. The fourth-order valence-electron chi connectivity index (χ4n) is 2.06. The van der Waals surface area contributed by atoms with Crippen LogP contribution in [-0.4, -0.2) is 16.3 Å². The first kappa shape index (κ1) is 17.9. The number of rotatable bonds is 8. The molecule has 1 rings (SSSR count). The van der Waals surface area contributed by atoms with Crippen molar-refractivity contribution in [1.29, 1.82) is 0 Å². The Bertz CT molecular complexity index is 535. The third kappa shape index (κ3) is 5.02. The van der Waals surface area contributed by atoms with E-state index in [4.69, 9.17) is 5.11 Å². The number of aliphatic hydroxyl groups excluding tert-OH is 2. The molecule has 0 aliphatic heterocycles. The Morgan fingerprint density at radius 3 is 2.36 bits per heavy atom. The minimum Gasteiger partial charge on any atom is -0.513 e. The Morgan fingerprint density at radius 1 is 1.32 bits per heavy atom. The molecular weight excluding hydrogens is 295 g/mol. The highest BCUT2D eigenvalue weighted by Crippen LogP contribution is 2.20. The number of benzene rings is 1. The van der Waals surface area contributed by atoms with Crippen LogP contribution in [0.4, 0.5) is 13.2 Å². The van der Waals surface area contributed by atoms with Crippen molar-refractivity contribution in [2.24, 2.45) is 0 Å². The maximum Gasteiger partial charge on any atom is 0.194 e. The second kappa shape index (κ2) is 8.36. The van der Waals surface area contributed by atoms with Crippen LogP contribution >= 0.6 is 0 Å². The molecule has 0 aliphatic rings. The Balaban J connectivity index is 2.81. The van der Waals surface area contributed by atoms with Gasteiger partial charge in [-0.3, -0.25) is 0 Å². The van der Waals surface area contributed by atoms with E-state index in [0.717, 1.165) is 12.1 Å². The van der Waals surface area contributed by atoms with Crippen LogP contribution in [0.1, 0.15) is 38.2 Å². The van der Waals surface area contributed by atoms with Gasteiger partial charge < -0.3 is 15.5 Å². The highest BCUT2D eigenvalue weighted by molar-refractivity contribution is 5.63. The molecule has 0 radical (unpaired) electrons. The average molecular weight is 315 g/mol. The molecule has 0 fully saturated rings. The molecule has 0 saturated carbocycles. The lowest BCUT2D eigenvalue weighted by Crippen LogP contribution is -2.27. The van der Waals surface area contributed by atoms with Crippen LogP contribution in [0, 0.1) is 17.5 Å². The quantitative estimate of drug-likeness (QED) is 0.486. The van der Waals surface area contributed by atoms with E-state index >= 15 is 0 Å². The van der Waals surface area contributed by atoms with Crippen LogP contribution in [0.15, 0.2) is 30.7 Å². The maximum atomic E-state index is 13.3. The van der Waals surface area contributed by atoms with Gasteiger partial charge in [0.05, 0.1) is 11.5 Å². The van der Waals surface area contributed by atoms with Crippen molar-refractivity contribution < 1.29 is 23.4 Å². The van der Waals surface area contributed by atoms with E-state index in [9.17, 15) is 18.3 Å². The standard InChI is InChI=1S/C16H20F3NO2/c1-3-12(6-4-5-10(2)22)20-15(9-21)11-7-13(17)16(19)14(18)8-11/h7-9,12,20-22H,2-6H2,1H3/b15-9-/t12-/m1/s1. The molecule has 0 bridgehead atoms. The zero-order chi connectivity index (χ0) is 16.7. The van der Waals surface area contributed by atoms with Gasteiger partial charge in [0.25, 0.3) is 0 Å². The van der Waals surface area contributed by atoms with Gasteiger partial charge in [-0.05, 0) is 31.4 Å². The summed E-state index contributed by atoms with van der Waals surface area (Å²) in [7, 11) is 0. The minimum absolute atomic E-state index is 0.0175. The molecule has 0 aliphatic carbocycles. The molecule has 1 aromatic rings. The normalized spacial score (nSPS) is 13.0. The molecule has 0 unspecified atom stereocenters. The minimum atomic E-state index is -1.55. The highest BCUT2D eigenvalue weighted by atomic mass is 19.2. The summed E-state index contributed by atoms with van der Waals surface area (Å²) in [5.74, 6) is -4.09. The molecular formula is C16H20F3NO2. The van der Waals surface area contributed by atoms with Crippen LogP contribution in [0.2, 0.25) is 0 Å². The van der Waals surface area contributed by atoms with Gasteiger partial charge in [0.15, 0.2) is 17.5 Å². The summed E-state index contributed by atoms with van der Waals surface area (Å²) in [6.07, 6.45) is 3.18. The second-order valence-corrected chi connectivity index (χ2v) is 5.00. The summed E-state index contributed by atoms with van der Waals surface area (Å²) < 4.78 is 39.5. The van der Waals surface area contributed by atoms with Crippen LogP contribution in [0.5, 0.6) is 0 Å². The van der Waals surface area contributed by atoms with Crippen molar-refractivity contribution in [2.75, 3.05) is 0 Å². The van der Waals surface area contributed by atoms with Crippen molar-refractivity contribution >= 4 is 5.70 Å². The second-order valence-electron chi connectivity index (χ2n) is 5.00. The largest absolute Gasteiger partial charge is 0.513 e. The first-order chi connectivity index (χ1) is 10.4. The lowest BCUT2D eigenvalue weighted by atomic mass is 10.0. The summed E-state index contributed by atoms with van der Waals surface area (Å²) in [5.41, 5.74) is 0.122. The summed E-state index contributed by atoms with van der Waals surface area (Å²) in [4.78, 5) is 0. The fourth-order valence-corrected chi connectivity index (χ4v) is 2.06. The third-order valence-electron chi connectivity index (χ3n) is 3.29. The molecule has 0 amide bonds. The number of allylic oxidation sites excluding steroid dienone is 1. The van der Waals surface area contributed by atoms with Gasteiger partial charge in [0.2, 0.25) is 0 Å². The van der Waals surface area contributed by atoms with Crippen molar-refractivity contribution in [3.63, 3.8) is 0 Å². The summed E-state index contributed by atoms with van der Waals surface area (Å²) >= 11 is 0. The first-order valence-electron chi connectivity index (χ1n) is 7.01. The van der Waals surface area contributed by atoms with E-state index in [1.807, 2.05) is 6.92 Å². The van der Waals surface area contributed by atoms with E-state index in [1.165, 1.54) is 0 Å². The molecule has 1 aromatic carbocycles. The van der Waals surface area contributed by atoms with Crippen LogP contribution < -0.4 is 5.32 Å². The van der Waals surface area contributed by atoms with E-state index in [2.05, 4.69) is 11.9 Å². The zero-order valence-electron chi connectivity index (χ0n) is 12.4. The SMILES string of the molecule is C=C(O)CCC[C@@H](CC)N/C(=C\O)c1cc(F)c(F)c(F)c1. The molecule has 0 saturated heterocycles. The number of nitrogens with one attached hydrogen (secondary N) is 1. The number of aliphatic hydroxyl groups is 2. The summed E-state index contributed by atoms with van der Waals surface area (Å²) in [6.45, 7) is 5.30. The predicted octanol–water partition coefficient (Wildman–Crippen LogP) is 4.57. The fraction of sp³-hybridized carbons (Fsp3) is 0.375. The van der Waals surface area contributed by atoms with E-state index in [0.29, 0.717) is 31.9 Å². The lowest BCUT2D eigenvalue weighted by molar-refractivity contribution is 0.377. The van der Waals surface area contributed by atoms with E-state index < -0.39 is 17.5 Å². The Kier molecular flexibility index (Phi) is 6.82. The number of hydrogen-bond acceptors (Lipinski definition) is 3. The van der Waals surface area contributed by atoms with Gasteiger partial charge in [-0.15, -0.1) is 0 Å². The number of hydrogen-bond donors (Lipinski definition) is 3. The Labute approximate surface area is 127 Å². The van der Waals surface area contributed by atoms with Crippen molar-refractivity contribution in [1.82, 2.24) is 5.32 Å². The molecule has 3 nitrogen and oxygen atoms in total. The monoisotopic (exact) mass is 315 g/mol. The van der Waals surface area contributed by atoms with E-state index in [1.54, 1.807) is 0 Å². The Morgan fingerprint density at radius 2 is 1.91 bits per heavy atom. The third-order valence-corrected chi connectivity index (χ3v) is 3.29. The smallest absolute Gasteiger partial charge is 0.194 e. The molecule has 3 N–H and O–H groups in total. The highest BCUT2D eigenvalue weighted by Gasteiger charge is 2.15. The van der Waals surface area contributed by atoms with Crippen molar-refractivity contribution in [3.8, 4) is 0 Å². The van der Waals surface area contributed by atoms with Crippen LogP contribution in [0.25, 0.3) is 5.70 Å².